The average Bonchev–Trinajstić information content (AvgIpc) is 2.35. The summed E-state index contributed by atoms with van der Waals surface area (Å²) in [6.07, 6.45) is 5.06. The summed E-state index contributed by atoms with van der Waals surface area (Å²) in [6.45, 7) is 4.35. The van der Waals surface area contributed by atoms with Gasteiger partial charge in [0.2, 0.25) is 0 Å². The minimum atomic E-state index is -0.162. The van der Waals surface area contributed by atoms with E-state index in [-0.39, 0.29) is 5.41 Å². The van der Waals surface area contributed by atoms with Crippen molar-refractivity contribution in [2.75, 3.05) is 0 Å². The second kappa shape index (κ2) is 4.87. The van der Waals surface area contributed by atoms with E-state index >= 15 is 0 Å². The van der Waals surface area contributed by atoms with Gasteiger partial charge in [-0.3, -0.25) is 0 Å². The van der Waals surface area contributed by atoms with E-state index in [2.05, 4.69) is 26.0 Å². The largest absolute Gasteiger partial charge is 0.303 e. The van der Waals surface area contributed by atoms with Gasteiger partial charge in [0.15, 0.2) is 0 Å². The fourth-order valence-corrected chi connectivity index (χ4v) is 2.71. The van der Waals surface area contributed by atoms with Gasteiger partial charge in [0.05, 0.1) is 0 Å². The minimum absolute atomic E-state index is 0.162. The molecule has 0 unspecified atom stereocenters. The second-order valence-electron chi connectivity index (χ2n) is 5.38. The van der Waals surface area contributed by atoms with Crippen LogP contribution in [0.2, 0.25) is 0 Å². The molecule has 1 aromatic carbocycles. The van der Waals surface area contributed by atoms with E-state index in [1.54, 1.807) is 0 Å². The quantitative estimate of drug-likeness (QED) is 0.566. The zero-order chi connectivity index (χ0) is 12.3. The van der Waals surface area contributed by atoms with Crippen molar-refractivity contribution in [3.05, 3.63) is 47.0 Å². The SMILES string of the molecule is CC1=C(C)C[C@](C=O)(Cc2ccccc2)CC1. The molecule has 1 heteroatoms. The topological polar surface area (TPSA) is 17.1 Å². The van der Waals surface area contributed by atoms with Crippen LogP contribution in [0.5, 0.6) is 0 Å². The summed E-state index contributed by atoms with van der Waals surface area (Å²) in [5.74, 6) is 0. The number of aldehydes is 1. The number of hydrogen-bond donors (Lipinski definition) is 0. The summed E-state index contributed by atoms with van der Waals surface area (Å²) in [5.41, 5.74) is 3.98. The van der Waals surface area contributed by atoms with Gasteiger partial charge in [-0.2, -0.15) is 0 Å². The maximum Gasteiger partial charge on any atom is 0.126 e. The molecule has 0 N–H and O–H groups in total. The molecule has 1 aliphatic carbocycles. The van der Waals surface area contributed by atoms with Crippen LogP contribution in [0.4, 0.5) is 0 Å². The van der Waals surface area contributed by atoms with Crippen molar-refractivity contribution in [2.24, 2.45) is 5.41 Å². The standard InChI is InChI=1S/C16H20O/c1-13-8-9-16(12-17,10-14(13)2)11-15-6-4-3-5-7-15/h3-7,12H,8-11H2,1-2H3/t16-/m0/s1. The first-order valence-electron chi connectivity index (χ1n) is 6.31. The predicted octanol–water partition coefficient (Wildman–Crippen LogP) is 3.93. The molecular weight excluding hydrogens is 208 g/mol. The van der Waals surface area contributed by atoms with Crippen LogP contribution in [0.25, 0.3) is 0 Å². The summed E-state index contributed by atoms with van der Waals surface area (Å²) in [7, 11) is 0. The van der Waals surface area contributed by atoms with Crippen LogP contribution in [-0.2, 0) is 11.2 Å². The third-order valence-electron chi connectivity index (χ3n) is 3.99. The lowest BCUT2D eigenvalue weighted by molar-refractivity contribution is -0.116. The van der Waals surface area contributed by atoms with Gasteiger partial charge in [-0.15, -0.1) is 0 Å². The molecule has 0 aliphatic heterocycles. The molecule has 0 radical (unpaired) electrons. The van der Waals surface area contributed by atoms with Gasteiger partial charge in [0.25, 0.3) is 0 Å². The Hall–Kier alpha value is -1.37. The first-order chi connectivity index (χ1) is 8.15. The third kappa shape index (κ3) is 2.66. The molecule has 0 saturated heterocycles. The molecule has 0 fully saturated rings. The zero-order valence-corrected chi connectivity index (χ0v) is 10.7. The van der Waals surface area contributed by atoms with Crippen LogP contribution in [0.1, 0.15) is 38.7 Å². The number of rotatable bonds is 3. The van der Waals surface area contributed by atoms with Gasteiger partial charge >= 0.3 is 0 Å². The van der Waals surface area contributed by atoms with Crippen molar-refractivity contribution in [3.63, 3.8) is 0 Å². The van der Waals surface area contributed by atoms with E-state index in [4.69, 9.17) is 0 Å². The van der Waals surface area contributed by atoms with Gasteiger partial charge in [-0.25, -0.2) is 0 Å². The number of allylic oxidation sites excluding steroid dienone is 2. The highest BCUT2D eigenvalue weighted by molar-refractivity contribution is 5.62. The van der Waals surface area contributed by atoms with Gasteiger partial charge < -0.3 is 4.79 Å². The molecule has 0 saturated carbocycles. The Morgan fingerprint density at radius 2 is 1.88 bits per heavy atom. The molecule has 1 aliphatic rings. The molecule has 1 nitrogen and oxygen atoms in total. The maximum atomic E-state index is 11.5. The Balaban J connectivity index is 2.20. The van der Waals surface area contributed by atoms with Crippen LogP contribution in [0, 0.1) is 5.41 Å². The fraction of sp³-hybridized carbons (Fsp3) is 0.438. The highest BCUT2D eigenvalue weighted by Crippen LogP contribution is 2.40. The predicted molar refractivity (Wildman–Crippen MR) is 70.9 cm³/mol. The summed E-state index contributed by atoms with van der Waals surface area (Å²) in [4.78, 5) is 11.5. The molecule has 0 bridgehead atoms. The number of carbonyl (C=O) groups excluding carboxylic acids is 1. The van der Waals surface area contributed by atoms with E-state index in [0.717, 1.165) is 25.7 Å². The van der Waals surface area contributed by atoms with Gasteiger partial charge in [0, 0.05) is 5.41 Å². The monoisotopic (exact) mass is 228 g/mol. The van der Waals surface area contributed by atoms with Crippen molar-refractivity contribution in [2.45, 2.75) is 39.5 Å². The molecule has 17 heavy (non-hydrogen) atoms. The molecule has 0 amide bonds. The van der Waals surface area contributed by atoms with E-state index in [1.807, 2.05) is 18.2 Å². The number of carbonyl (C=O) groups is 1. The van der Waals surface area contributed by atoms with E-state index in [1.165, 1.54) is 23.0 Å². The fourth-order valence-electron chi connectivity index (χ4n) is 2.71. The first kappa shape index (κ1) is 12.1. The minimum Gasteiger partial charge on any atom is -0.303 e. The van der Waals surface area contributed by atoms with Crippen molar-refractivity contribution < 1.29 is 4.79 Å². The van der Waals surface area contributed by atoms with Gasteiger partial charge in [-0.05, 0) is 45.1 Å². The van der Waals surface area contributed by atoms with E-state index in [0.29, 0.717) is 0 Å². The Bertz CT molecular complexity index is 430. The third-order valence-corrected chi connectivity index (χ3v) is 3.99. The van der Waals surface area contributed by atoms with Crippen LogP contribution in [0.3, 0.4) is 0 Å². The van der Waals surface area contributed by atoms with Crippen molar-refractivity contribution in [1.82, 2.24) is 0 Å². The second-order valence-corrected chi connectivity index (χ2v) is 5.38. The average molecular weight is 228 g/mol. The number of benzene rings is 1. The Kier molecular flexibility index (Phi) is 3.46. The van der Waals surface area contributed by atoms with Gasteiger partial charge in [-0.1, -0.05) is 41.5 Å². The molecule has 1 aromatic rings. The summed E-state index contributed by atoms with van der Waals surface area (Å²) >= 11 is 0. The zero-order valence-electron chi connectivity index (χ0n) is 10.7. The number of hydrogen-bond acceptors (Lipinski definition) is 1. The van der Waals surface area contributed by atoms with E-state index < -0.39 is 0 Å². The van der Waals surface area contributed by atoms with Crippen molar-refractivity contribution in [1.29, 1.82) is 0 Å². The Labute approximate surface area is 104 Å². The molecule has 90 valence electrons. The maximum absolute atomic E-state index is 11.5. The normalized spacial score (nSPS) is 24.8. The van der Waals surface area contributed by atoms with Crippen LogP contribution >= 0.6 is 0 Å². The highest BCUT2D eigenvalue weighted by atomic mass is 16.1. The highest BCUT2D eigenvalue weighted by Gasteiger charge is 2.33. The molecule has 1 atom stereocenters. The lowest BCUT2D eigenvalue weighted by Crippen LogP contribution is -2.29. The summed E-state index contributed by atoms with van der Waals surface area (Å²) in [6, 6.07) is 10.3. The Morgan fingerprint density at radius 3 is 2.47 bits per heavy atom. The molecule has 0 spiro atoms. The molecular formula is C16H20O. The first-order valence-corrected chi connectivity index (χ1v) is 6.31. The molecule has 0 aromatic heterocycles. The lowest BCUT2D eigenvalue weighted by Gasteiger charge is -2.33. The smallest absolute Gasteiger partial charge is 0.126 e. The summed E-state index contributed by atoms with van der Waals surface area (Å²) < 4.78 is 0. The van der Waals surface area contributed by atoms with Gasteiger partial charge in [0.1, 0.15) is 6.29 Å². The molecule has 0 heterocycles. The van der Waals surface area contributed by atoms with Crippen LogP contribution in [0.15, 0.2) is 41.5 Å². The Morgan fingerprint density at radius 1 is 1.18 bits per heavy atom. The van der Waals surface area contributed by atoms with Crippen LogP contribution in [-0.4, -0.2) is 6.29 Å². The van der Waals surface area contributed by atoms with Crippen LogP contribution < -0.4 is 0 Å². The lowest BCUT2D eigenvalue weighted by atomic mass is 9.70. The van der Waals surface area contributed by atoms with Crippen molar-refractivity contribution in [3.8, 4) is 0 Å². The molecule has 2 rings (SSSR count). The van der Waals surface area contributed by atoms with Crippen molar-refractivity contribution >= 4 is 6.29 Å². The summed E-state index contributed by atoms with van der Waals surface area (Å²) in [5, 5.41) is 0. The van der Waals surface area contributed by atoms with E-state index in [9.17, 15) is 4.79 Å².